The van der Waals surface area contributed by atoms with Crippen LogP contribution in [0.3, 0.4) is 0 Å². The maximum atomic E-state index is 6.20. The first-order valence-electron chi connectivity index (χ1n) is 6.37. The average molecular weight is 395 g/mol. The minimum atomic E-state index is 0.316. The van der Waals surface area contributed by atoms with Gasteiger partial charge in [-0.1, -0.05) is 56.3 Å². The van der Waals surface area contributed by atoms with Crippen LogP contribution in [0.4, 0.5) is 0 Å². The molecule has 2 aliphatic carbocycles. The van der Waals surface area contributed by atoms with E-state index in [1.165, 1.54) is 25.7 Å². The molecule has 0 amide bonds. The summed E-state index contributed by atoms with van der Waals surface area (Å²) in [6.07, 6.45) is 6.61. The van der Waals surface area contributed by atoms with Gasteiger partial charge in [-0.25, -0.2) is 0 Å². The Balaban J connectivity index is 1.79. The minimum absolute atomic E-state index is 0.316. The highest BCUT2D eigenvalue weighted by Crippen LogP contribution is 2.58. The molecule has 2 unspecified atom stereocenters. The Kier molecular flexibility index (Phi) is 3.68. The molecule has 0 aromatic heterocycles. The zero-order valence-corrected chi connectivity index (χ0v) is 13.9. The Bertz CT molecular complexity index is 457. The lowest BCUT2D eigenvalue weighted by Gasteiger charge is -2.51. The topological polar surface area (TPSA) is 9.23 Å². The number of halogens is 3. The van der Waals surface area contributed by atoms with Gasteiger partial charge in [-0.05, 0) is 37.5 Å². The summed E-state index contributed by atoms with van der Waals surface area (Å²) in [5.41, 5.74) is 0.353. The fraction of sp³-hybridized carbons (Fsp3) is 0.571. The Labute approximate surface area is 129 Å². The van der Waals surface area contributed by atoms with Crippen LogP contribution in [0.25, 0.3) is 0 Å². The van der Waals surface area contributed by atoms with Crippen molar-refractivity contribution in [3.05, 3.63) is 27.7 Å². The van der Waals surface area contributed by atoms with Crippen molar-refractivity contribution in [1.29, 1.82) is 0 Å². The van der Waals surface area contributed by atoms with Crippen molar-refractivity contribution in [2.24, 2.45) is 5.41 Å². The molecule has 1 spiro atoms. The summed E-state index contributed by atoms with van der Waals surface area (Å²) >= 11 is 13.5. The summed E-state index contributed by atoms with van der Waals surface area (Å²) < 4.78 is 7.19. The molecule has 0 heterocycles. The second-order valence-electron chi connectivity index (χ2n) is 5.32. The predicted molar refractivity (Wildman–Crippen MR) is 81.8 cm³/mol. The van der Waals surface area contributed by atoms with Gasteiger partial charge in [-0.3, -0.25) is 0 Å². The van der Waals surface area contributed by atoms with Gasteiger partial charge in [0.1, 0.15) is 11.9 Å². The maximum Gasteiger partial charge on any atom is 0.139 e. The van der Waals surface area contributed by atoms with E-state index in [0.29, 0.717) is 21.4 Å². The van der Waals surface area contributed by atoms with Crippen LogP contribution in [0, 0.1) is 5.41 Å². The molecule has 0 radical (unpaired) electrons. The molecule has 18 heavy (non-hydrogen) atoms. The largest absolute Gasteiger partial charge is 0.488 e. The first kappa shape index (κ1) is 13.3. The maximum absolute atomic E-state index is 6.20. The number of benzene rings is 1. The van der Waals surface area contributed by atoms with E-state index >= 15 is 0 Å². The van der Waals surface area contributed by atoms with Gasteiger partial charge < -0.3 is 4.74 Å². The van der Waals surface area contributed by atoms with Crippen molar-refractivity contribution in [2.45, 2.75) is 43.0 Å². The molecule has 3 rings (SSSR count). The summed E-state index contributed by atoms with van der Waals surface area (Å²) in [5, 5.41) is 0.698. The fourth-order valence-corrected chi connectivity index (χ4v) is 4.85. The predicted octanol–water partition coefficient (Wildman–Crippen LogP) is 5.58. The van der Waals surface area contributed by atoms with E-state index < -0.39 is 0 Å². The molecule has 0 bridgehead atoms. The van der Waals surface area contributed by atoms with Crippen molar-refractivity contribution >= 4 is 43.5 Å². The summed E-state index contributed by atoms with van der Waals surface area (Å²) in [5.74, 6) is 0.807. The van der Waals surface area contributed by atoms with E-state index in [4.69, 9.17) is 16.3 Å². The molecule has 2 fully saturated rings. The van der Waals surface area contributed by atoms with Crippen LogP contribution in [0.2, 0.25) is 5.02 Å². The van der Waals surface area contributed by atoms with Crippen molar-refractivity contribution < 1.29 is 4.74 Å². The third-order valence-corrected chi connectivity index (χ3v) is 6.47. The van der Waals surface area contributed by atoms with Crippen molar-refractivity contribution in [3.63, 3.8) is 0 Å². The molecule has 4 heteroatoms. The molecule has 0 N–H and O–H groups in total. The zero-order chi connectivity index (χ0) is 12.8. The number of ether oxygens (including phenoxy) is 1. The molecule has 2 saturated carbocycles. The molecular formula is C14H15Br2ClO. The normalized spacial score (nSPS) is 29.3. The van der Waals surface area contributed by atoms with Crippen LogP contribution in [0.1, 0.15) is 32.1 Å². The van der Waals surface area contributed by atoms with Crippen molar-refractivity contribution in [1.82, 2.24) is 0 Å². The van der Waals surface area contributed by atoms with Gasteiger partial charge >= 0.3 is 0 Å². The second kappa shape index (κ2) is 4.99. The fourth-order valence-electron chi connectivity index (χ4n) is 3.25. The summed E-state index contributed by atoms with van der Waals surface area (Å²) in [6, 6.07) is 5.79. The van der Waals surface area contributed by atoms with Crippen LogP contribution in [0.15, 0.2) is 22.7 Å². The first-order valence-corrected chi connectivity index (χ1v) is 8.46. The summed E-state index contributed by atoms with van der Waals surface area (Å²) in [7, 11) is 0. The van der Waals surface area contributed by atoms with Crippen LogP contribution < -0.4 is 4.74 Å². The number of hydrogen-bond donors (Lipinski definition) is 0. The van der Waals surface area contributed by atoms with Crippen LogP contribution in [0.5, 0.6) is 5.75 Å². The highest BCUT2D eigenvalue weighted by atomic mass is 79.9. The first-order chi connectivity index (χ1) is 8.62. The molecule has 0 aliphatic heterocycles. The van der Waals surface area contributed by atoms with E-state index in [2.05, 4.69) is 31.9 Å². The second-order valence-corrected chi connectivity index (χ2v) is 7.75. The van der Waals surface area contributed by atoms with E-state index in [-0.39, 0.29) is 0 Å². The van der Waals surface area contributed by atoms with E-state index in [0.717, 1.165) is 16.6 Å². The lowest BCUT2D eigenvalue weighted by molar-refractivity contribution is -0.0303. The van der Waals surface area contributed by atoms with Crippen LogP contribution >= 0.6 is 43.5 Å². The van der Waals surface area contributed by atoms with Crippen LogP contribution in [-0.4, -0.2) is 10.9 Å². The molecule has 2 atom stereocenters. The number of alkyl halides is 1. The Hall–Kier alpha value is 0.270. The zero-order valence-electron chi connectivity index (χ0n) is 9.96. The highest BCUT2D eigenvalue weighted by Gasteiger charge is 2.56. The third kappa shape index (κ3) is 2.12. The van der Waals surface area contributed by atoms with Gasteiger partial charge in [-0.2, -0.15) is 0 Å². The summed E-state index contributed by atoms with van der Waals surface area (Å²) in [6.45, 7) is 0. The van der Waals surface area contributed by atoms with E-state index in [9.17, 15) is 0 Å². The molecule has 1 nitrogen and oxygen atoms in total. The third-order valence-electron chi connectivity index (χ3n) is 4.38. The number of rotatable bonds is 2. The van der Waals surface area contributed by atoms with Gasteiger partial charge in [0.2, 0.25) is 0 Å². The van der Waals surface area contributed by atoms with E-state index in [1.54, 1.807) is 0 Å². The standard InChI is InChI=1S/C14H15Br2ClO/c15-9-3-4-10(17)11(7-9)18-13-8-12(16)14(13)5-1-2-6-14/h3-4,7,12-13H,1-2,5-6,8H2. The smallest absolute Gasteiger partial charge is 0.139 e. The molecule has 98 valence electrons. The Morgan fingerprint density at radius 3 is 2.67 bits per heavy atom. The number of hydrogen-bond acceptors (Lipinski definition) is 1. The summed E-state index contributed by atoms with van der Waals surface area (Å²) in [4.78, 5) is 0.614. The Morgan fingerprint density at radius 2 is 2.00 bits per heavy atom. The molecular weight excluding hydrogens is 379 g/mol. The lowest BCUT2D eigenvalue weighted by Crippen LogP contribution is -2.55. The lowest BCUT2D eigenvalue weighted by atomic mass is 9.64. The van der Waals surface area contributed by atoms with Gasteiger partial charge in [0, 0.05) is 14.7 Å². The highest BCUT2D eigenvalue weighted by molar-refractivity contribution is 9.10. The van der Waals surface area contributed by atoms with Crippen molar-refractivity contribution in [2.75, 3.05) is 0 Å². The molecule has 1 aromatic rings. The monoisotopic (exact) mass is 392 g/mol. The molecule has 1 aromatic carbocycles. The molecule has 2 aliphatic rings. The van der Waals surface area contributed by atoms with Gasteiger partial charge in [0.05, 0.1) is 5.02 Å². The Morgan fingerprint density at radius 1 is 1.28 bits per heavy atom. The van der Waals surface area contributed by atoms with Crippen molar-refractivity contribution in [3.8, 4) is 5.75 Å². The van der Waals surface area contributed by atoms with Gasteiger partial charge in [0.25, 0.3) is 0 Å². The molecule has 0 saturated heterocycles. The quantitative estimate of drug-likeness (QED) is 0.595. The average Bonchev–Trinajstić information content (AvgIpc) is 2.85. The van der Waals surface area contributed by atoms with Gasteiger partial charge in [0.15, 0.2) is 0 Å². The van der Waals surface area contributed by atoms with Crippen LogP contribution in [-0.2, 0) is 0 Å². The minimum Gasteiger partial charge on any atom is -0.488 e. The van der Waals surface area contributed by atoms with Gasteiger partial charge in [-0.15, -0.1) is 0 Å². The van der Waals surface area contributed by atoms with E-state index in [1.807, 2.05) is 18.2 Å². The SMILES string of the molecule is Clc1ccc(Br)cc1OC1CC(Br)C12CCCC2.